The minimum absolute atomic E-state index is 0.120. The zero-order chi connectivity index (χ0) is 12.7. The van der Waals surface area contributed by atoms with Gasteiger partial charge in [0.25, 0.3) is 0 Å². The van der Waals surface area contributed by atoms with Crippen LogP contribution in [0.2, 0.25) is 0 Å². The summed E-state index contributed by atoms with van der Waals surface area (Å²) in [6.45, 7) is 3.89. The van der Waals surface area contributed by atoms with Crippen molar-refractivity contribution in [3.05, 3.63) is 0 Å². The van der Waals surface area contributed by atoms with Crippen LogP contribution in [-0.4, -0.2) is 43.5 Å². The van der Waals surface area contributed by atoms with E-state index in [1.54, 1.807) is 0 Å². The number of carbonyl (C=O) groups excluding carboxylic acids is 1. The second kappa shape index (κ2) is 7.67. The van der Waals surface area contributed by atoms with Crippen molar-refractivity contribution in [1.82, 2.24) is 10.2 Å². The van der Waals surface area contributed by atoms with Crippen molar-refractivity contribution in [3.63, 3.8) is 0 Å². The molecule has 0 aromatic heterocycles. The van der Waals surface area contributed by atoms with Gasteiger partial charge in [-0.2, -0.15) is 0 Å². The molecule has 0 bridgehead atoms. The van der Waals surface area contributed by atoms with E-state index in [0.29, 0.717) is 25.0 Å². The highest BCUT2D eigenvalue weighted by molar-refractivity contribution is 5.77. The molecule has 2 atom stereocenters. The Morgan fingerprint density at radius 2 is 2.06 bits per heavy atom. The molecule has 1 saturated carbocycles. The molecule has 3 N–H and O–H groups in total. The lowest BCUT2D eigenvalue weighted by Gasteiger charge is -2.32. The maximum absolute atomic E-state index is 11.6. The van der Waals surface area contributed by atoms with Crippen molar-refractivity contribution in [2.75, 3.05) is 26.7 Å². The largest absolute Gasteiger partial charge is 0.355 e. The van der Waals surface area contributed by atoms with Crippen LogP contribution in [0.1, 0.15) is 39.0 Å². The van der Waals surface area contributed by atoms with Crippen molar-refractivity contribution in [3.8, 4) is 0 Å². The maximum atomic E-state index is 11.6. The van der Waals surface area contributed by atoms with Crippen LogP contribution < -0.4 is 11.1 Å². The van der Waals surface area contributed by atoms with Gasteiger partial charge in [0.15, 0.2) is 0 Å². The number of amides is 1. The molecule has 2 unspecified atom stereocenters. The molecule has 4 nitrogen and oxygen atoms in total. The van der Waals surface area contributed by atoms with Crippen LogP contribution in [0, 0.1) is 5.92 Å². The van der Waals surface area contributed by atoms with E-state index >= 15 is 0 Å². The van der Waals surface area contributed by atoms with E-state index in [1.807, 2.05) is 14.0 Å². The molecular weight excluding hydrogens is 214 g/mol. The lowest BCUT2D eigenvalue weighted by molar-refractivity contribution is -0.122. The number of nitrogens with two attached hydrogens (primary N) is 1. The Hall–Kier alpha value is -0.610. The molecule has 0 aromatic carbocycles. The van der Waals surface area contributed by atoms with E-state index in [0.717, 1.165) is 6.54 Å². The van der Waals surface area contributed by atoms with Gasteiger partial charge in [0.1, 0.15) is 0 Å². The normalized spacial score (nSPS) is 25.6. The second-order valence-corrected chi connectivity index (χ2v) is 5.07. The molecule has 100 valence electrons. The molecule has 1 aliphatic rings. The summed E-state index contributed by atoms with van der Waals surface area (Å²) in [6, 6.07) is 0.477. The van der Waals surface area contributed by atoms with E-state index in [4.69, 9.17) is 5.73 Å². The topological polar surface area (TPSA) is 58.4 Å². The van der Waals surface area contributed by atoms with Crippen LogP contribution >= 0.6 is 0 Å². The van der Waals surface area contributed by atoms with E-state index in [2.05, 4.69) is 10.2 Å². The van der Waals surface area contributed by atoms with Crippen molar-refractivity contribution >= 4 is 5.91 Å². The third-order valence-corrected chi connectivity index (χ3v) is 3.75. The molecular formula is C13H27N3O. The predicted octanol–water partition coefficient (Wildman–Crippen LogP) is 0.962. The minimum atomic E-state index is 0.120. The number of hydrogen-bond acceptors (Lipinski definition) is 3. The molecule has 17 heavy (non-hydrogen) atoms. The van der Waals surface area contributed by atoms with Crippen molar-refractivity contribution in [1.29, 1.82) is 0 Å². The Kier molecular flexibility index (Phi) is 6.52. The van der Waals surface area contributed by atoms with Gasteiger partial charge >= 0.3 is 0 Å². The fourth-order valence-corrected chi connectivity index (χ4v) is 2.82. The second-order valence-electron chi connectivity index (χ2n) is 5.07. The average Bonchev–Trinajstić information content (AvgIpc) is 2.53. The first-order chi connectivity index (χ1) is 8.19. The lowest BCUT2D eigenvalue weighted by atomic mass is 9.94. The Balaban J connectivity index is 2.51. The quantitative estimate of drug-likeness (QED) is 0.705. The molecule has 1 aliphatic carbocycles. The molecule has 1 rings (SSSR count). The number of carbonyl (C=O) groups is 1. The molecule has 0 spiro atoms. The highest BCUT2D eigenvalue weighted by Crippen LogP contribution is 2.25. The molecule has 0 aromatic rings. The van der Waals surface area contributed by atoms with Crippen LogP contribution in [0.3, 0.4) is 0 Å². The van der Waals surface area contributed by atoms with Crippen molar-refractivity contribution in [2.24, 2.45) is 11.7 Å². The summed E-state index contributed by atoms with van der Waals surface area (Å²) in [6.07, 6.45) is 6.24. The van der Waals surface area contributed by atoms with Gasteiger partial charge in [-0.3, -0.25) is 9.69 Å². The summed E-state index contributed by atoms with van der Waals surface area (Å²) in [4.78, 5) is 13.8. The third kappa shape index (κ3) is 4.64. The molecule has 0 saturated heterocycles. The summed E-state index contributed by atoms with van der Waals surface area (Å²) in [7, 11) is 2.05. The minimum Gasteiger partial charge on any atom is -0.355 e. The summed E-state index contributed by atoms with van der Waals surface area (Å²) < 4.78 is 0. The highest BCUT2D eigenvalue weighted by Gasteiger charge is 2.26. The fraction of sp³-hybridized carbons (Fsp3) is 0.923. The summed E-state index contributed by atoms with van der Waals surface area (Å²) >= 11 is 0. The Labute approximate surface area is 105 Å². The first-order valence-electron chi connectivity index (χ1n) is 6.86. The number of hydrogen-bond donors (Lipinski definition) is 2. The zero-order valence-corrected chi connectivity index (χ0v) is 11.2. The first-order valence-corrected chi connectivity index (χ1v) is 6.86. The van der Waals surface area contributed by atoms with Gasteiger partial charge in [0, 0.05) is 12.6 Å². The van der Waals surface area contributed by atoms with Gasteiger partial charge in [0.2, 0.25) is 5.91 Å². The van der Waals surface area contributed by atoms with E-state index < -0.39 is 0 Å². The summed E-state index contributed by atoms with van der Waals surface area (Å²) in [5.41, 5.74) is 5.86. The first kappa shape index (κ1) is 14.5. The summed E-state index contributed by atoms with van der Waals surface area (Å²) in [5.74, 6) is 0.673. The third-order valence-electron chi connectivity index (χ3n) is 3.75. The van der Waals surface area contributed by atoms with Gasteiger partial charge in [-0.15, -0.1) is 0 Å². The molecule has 0 radical (unpaired) electrons. The average molecular weight is 241 g/mol. The van der Waals surface area contributed by atoms with Gasteiger partial charge in [-0.05, 0) is 39.3 Å². The Bertz CT molecular complexity index is 233. The zero-order valence-electron chi connectivity index (χ0n) is 11.2. The van der Waals surface area contributed by atoms with E-state index in [-0.39, 0.29) is 5.91 Å². The van der Waals surface area contributed by atoms with Crippen LogP contribution in [0.5, 0.6) is 0 Å². The summed E-state index contributed by atoms with van der Waals surface area (Å²) in [5, 5.41) is 2.85. The van der Waals surface area contributed by atoms with Crippen LogP contribution in [0.4, 0.5) is 0 Å². The predicted molar refractivity (Wildman–Crippen MR) is 70.7 cm³/mol. The number of nitrogens with zero attached hydrogens (tertiary/aromatic N) is 1. The molecule has 0 heterocycles. The van der Waals surface area contributed by atoms with Crippen LogP contribution in [0.15, 0.2) is 0 Å². The monoisotopic (exact) mass is 241 g/mol. The lowest BCUT2D eigenvalue weighted by Crippen LogP contribution is -2.45. The SMILES string of the molecule is CCNC(=O)CN(C)C1CCCCCC1CN. The standard InChI is InChI=1S/C13H27N3O/c1-3-15-13(17)10-16(2)12-8-6-4-5-7-11(12)9-14/h11-12H,3-10,14H2,1-2H3,(H,15,17). The van der Waals surface area contributed by atoms with E-state index in [1.165, 1.54) is 32.1 Å². The highest BCUT2D eigenvalue weighted by atomic mass is 16.2. The molecule has 1 amide bonds. The van der Waals surface area contributed by atoms with Gasteiger partial charge in [-0.25, -0.2) is 0 Å². The fourth-order valence-electron chi connectivity index (χ4n) is 2.82. The van der Waals surface area contributed by atoms with Gasteiger partial charge in [-0.1, -0.05) is 19.3 Å². The molecule has 1 fully saturated rings. The van der Waals surface area contributed by atoms with Gasteiger partial charge < -0.3 is 11.1 Å². The van der Waals surface area contributed by atoms with Crippen molar-refractivity contribution in [2.45, 2.75) is 45.1 Å². The van der Waals surface area contributed by atoms with Crippen LogP contribution in [-0.2, 0) is 4.79 Å². The maximum Gasteiger partial charge on any atom is 0.234 e. The number of rotatable bonds is 5. The van der Waals surface area contributed by atoms with Gasteiger partial charge in [0.05, 0.1) is 6.54 Å². The Morgan fingerprint density at radius 3 is 2.71 bits per heavy atom. The Morgan fingerprint density at radius 1 is 1.35 bits per heavy atom. The molecule has 0 aliphatic heterocycles. The van der Waals surface area contributed by atoms with Crippen molar-refractivity contribution < 1.29 is 4.79 Å². The van der Waals surface area contributed by atoms with E-state index in [9.17, 15) is 4.79 Å². The number of nitrogens with one attached hydrogen (secondary N) is 1. The molecule has 4 heteroatoms. The number of likely N-dealkylation sites (N-methyl/N-ethyl adjacent to an activating group) is 2. The van der Waals surface area contributed by atoms with Crippen LogP contribution in [0.25, 0.3) is 0 Å². The smallest absolute Gasteiger partial charge is 0.234 e.